The SMILES string of the molecule is CCCn1ncc(NCC(C)(C)OCC)c(Br)c1=O. The van der Waals surface area contributed by atoms with Crippen molar-refractivity contribution in [2.45, 2.75) is 46.3 Å². The van der Waals surface area contributed by atoms with Crippen molar-refractivity contribution < 1.29 is 4.74 Å². The predicted molar refractivity (Wildman–Crippen MR) is 80.7 cm³/mol. The number of halogens is 1. The predicted octanol–water partition coefficient (Wildman–Crippen LogP) is 2.64. The molecule has 0 saturated carbocycles. The second kappa shape index (κ2) is 7.05. The summed E-state index contributed by atoms with van der Waals surface area (Å²) in [6.45, 7) is 9.88. The Kier molecular flexibility index (Phi) is 6.00. The van der Waals surface area contributed by atoms with Gasteiger partial charge in [-0.25, -0.2) is 4.68 Å². The smallest absolute Gasteiger partial charge is 0.283 e. The first-order chi connectivity index (χ1) is 8.91. The van der Waals surface area contributed by atoms with Crippen LogP contribution in [-0.2, 0) is 11.3 Å². The first kappa shape index (κ1) is 16.2. The molecule has 0 saturated heterocycles. The Hall–Kier alpha value is -0.880. The molecule has 1 heterocycles. The van der Waals surface area contributed by atoms with E-state index >= 15 is 0 Å². The molecule has 0 fully saturated rings. The summed E-state index contributed by atoms with van der Waals surface area (Å²) in [6, 6.07) is 0. The Bertz CT molecular complexity index is 471. The summed E-state index contributed by atoms with van der Waals surface area (Å²) >= 11 is 3.33. The molecule has 0 amide bonds. The monoisotopic (exact) mass is 331 g/mol. The van der Waals surface area contributed by atoms with E-state index in [0.717, 1.165) is 6.42 Å². The Morgan fingerprint density at radius 2 is 2.16 bits per heavy atom. The van der Waals surface area contributed by atoms with E-state index in [1.165, 1.54) is 4.68 Å². The molecule has 1 N–H and O–H groups in total. The van der Waals surface area contributed by atoms with Gasteiger partial charge in [0.2, 0.25) is 0 Å². The highest BCUT2D eigenvalue weighted by atomic mass is 79.9. The highest BCUT2D eigenvalue weighted by Gasteiger charge is 2.18. The standard InChI is InChI=1S/C13H22BrN3O2/c1-5-7-17-12(18)11(14)10(8-16-17)15-9-13(3,4)19-6-2/h8,15H,5-7,9H2,1-4H3. The van der Waals surface area contributed by atoms with Crippen molar-refractivity contribution in [1.82, 2.24) is 9.78 Å². The fraction of sp³-hybridized carbons (Fsp3) is 0.692. The number of aromatic nitrogens is 2. The Balaban J connectivity index is 2.81. The minimum atomic E-state index is -0.285. The maximum Gasteiger partial charge on any atom is 0.283 e. The van der Waals surface area contributed by atoms with Crippen molar-refractivity contribution >= 4 is 21.6 Å². The number of rotatable bonds is 7. The van der Waals surface area contributed by atoms with Crippen molar-refractivity contribution in [3.05, 3.63) is 21.0 Å². The van der Waals surface area contributed by atoms with Crippen molar-refractivity contribution in [3.8, 4) is 0 Å². The number of aryl methyl sites for hydroxylation is 1. The molecule has 0 bridgehead atoms. The zero-order valence-corrected chi connectivity index (χ0v) is 13.6. The molecule has 6 heteroatoms. The van der Waals surface area contributed by atoms with E-state index in [2.05, 4.69) is 26.3 Å². The van der Waals surface area contributed by atoms with Gasteiger partial charge < -0.3 is 10.1 Å². The van der Waals surface area contributed by atoms with E-state index in [4.69, 9.17) is 4.74 Å². The minimum absolute atomic E-state index is 0.110. The number of nitrogens with one attached hydrogen (secondary N) is 1. The van der Waals surface area contributed by atoms with Crippen molar-refractivity contribution in [1.29, 1.82) is 0 Å². The van der Waals surface area contributed by atoms with Gasteiger partial charge in [-0.1, -0.05) is 6.92 Å². The van der Waals surface area contributed by atoms with E-state index in [1.807, 2.05) is 27.7 Å². The molecule has 1 rings (SSSR count). The van der Waals surface area contributed by atoms with Gasteiger partial charge in [-0.15, -0.1) is 0 Å². The third-order valence-corrected chi connectivity index (χ3v) is 3.43. The molecule has 19 heavy (non-hydrogen) atoms. The lowest BCUT2D eigenvalue weighted by atomic mass is 10.1. The fourth-order valence-electron chi connectivity index (χ4n) is 1.71. The van der Waals surface area contributed by atoms with E-state index in [-0.39, 0.29) is 11.2 Å². The topological polar surface area (TPSA) is 56.1 Å². The Morgan fingerprint density at radius 3 is 2.74 bits per heavy atom. The number of ether oxygens (including phenoxy) is 1. The van der Waals surface area contributed by atoms with E-state index in [1.54, 1.807) is 6.20 Å². The largest absolute Gasteiger partial charge is 0.380 e. The molecule has 108 valence electrons. The van der Waals surface area contributed by atoms with Gasteiger partial charge in [0.1, 0.15) is 4.47 Å². The summed E-state index contributed by atoms with van der Waals surface area (Å²) in [7, 11) is 0. The molecule has 0 aromatic carbocycles. The maximum absolute atomic E-state index is 12.0. The van der Waals surface area contributed by atoms with Crippen LogP contribution in [0.2, 0.25) is 0 Å². The first-order valence-electron chi connectivity index (χ1n) is 6.54. The van der Waals surface area contributed by atoms with Gasteiger partial charge in [-0.3, -0.25) is 4.79 Å². The zero-order valence-electron chi connectivity index (χ0n) is 12.0. The fourth-order valence-corrected chi connectivity index (χ4v) is 2.16. The van der Waals surface area contributed by atoms with Crippen LogP contribution in [0.3, 0.4) is 0 Å². The molecule has 0 atom stereocenters. The van der Waals surface area contributed by atoms with Crippen LogP contribution in [0.4, 0.5) is 5.69 Å². The first-order valence-corrected chi connectivity index (χ1v) is 7.34. The molecule has 0 radical (unpaired) electrons. The van der Waals surface area contributed by atoms with Crippen LogP contribution in [0.5, 0.6) is 0 Å². The average Bonchev–Trinajstić information content (AvgIpc) is 2.34. The molecule has 0 spiro atoms. The van der Waals surface area contributed by atoms with Crippen molar-refractivity contribution in [2.24, 2.45) is 0 Å². The van der Waals surface area contributed by atoms with E-state index in [9.17, 15) is 4.79 Å². The lowest BCUT2D eigenvalue weighted by Crippen LogP contribution is -2.34. The number of hydrogen-bond acceptors (Lipinski definition) is 4. The van der Waals surface area contributed by atoms with Crippen LogP contribution >= 0.6 is 15.9 Å². The molecular formula is C13H22BrN3O2. The van der Waals surface area contributed by atoms with Gasteiger partial charge in [-0.2, -0.15) is 5.10 Å². The van der Waals surface area contributed by atoms with Gasteiger partial charge in [0.15, 0.2) is 0 Å². The molecule has 1 aromatic rings. The summed E-state index contributed by atoms with van der Waals surface area (Å²) in [5.74, 6) is 0. The van der Waals surface area contributed by atoms with E-state index < -0.39 is 0 Å². The molecule has 1 aromatic heterocycles. The third-order valence-electron chi connectivity index (χ3n) is 2.66. The lowest BCUT2D eigenvalue weighted by Gasteiger charge is -2.25. The lowest BCUT2D eigenvalue weighted by molar-refractivity contribution is 0.000680. The van der Waals surface area contributed by atoms with Crippen molar-refractivity contribution in [2.75, 3.05) is 18.5 Å². The maximum atomic E-state index is 12.0. The van der Waals surface area contributed by atoms with E-state index in [0.29, 0.717) is 29.9 Å². The van der Waals surface area contributed by atoms with Crippen LogP contribution in [0.25, 0.3) is 0 Å². The third kappa shape index (κ3) is 4.62. The minimum Gasteiger partial charge on any atom is -0.380 e. The average molecular weight is 332 g/mol. The zero-order chi connectivity index (χ0) is 14.5. The highest BCUT2D eigenvalue weighted by molar-refractivity contribution is 9.10. The van der Waals surface area contributed by atoms with Gasteiger partial charge in [-0.05, 0) is 43.1 Å². The number of hydrogen-bond donors (Lipinski definition) is 1. The molecule has 0 unspecified atom stereocenters. The summed E-state index contributed by atoms with van der Waals surface area (Å²) in [6.07, 6.45) is 2.55. The molecule has 0 aliphatic heterocycles. The molecular weight excluding hydrogens is 310 g/mol. The normalized spacial score (nSPS) is 11.6. The van der Waals surface area contributed by atoms with Crippen LogP contribution < -0.4 is 10.9 Å². The Morgan fingerprint density at radius 1 is 1.47 bits per heavy atom. The van der Waals surface area contributed by atoms with Gasteiger partial charge >= 0.3 is 0 Å². The van der Waals surface area contributed by atoms with Gasteiger partial charge in [0.25, 0.3) is 5.56 Å². The van der Waals surface area contributed by atoms with Gasteiger partial charge in [0.05, 0.1) is 17.5 Å². The quantitative estimate of drug-likeness (QED) is 0.834. The van der Waals surface area contributed by atoms with Crippen LogP contribution in [0.15, 0.2) is 15.5 Å². The van der Waals surface area contributed by atoms with Crippen LogP contribution in [0.1, 0.15) is 34.1 Å². The second-order valence-electron chi connectivity index (χ2n) is 4.95. The summed E-state index contributed by atoms with van der Waals surface area (Å²) < 4.78 is 7.58. The Labute approximate surface area is 122 Å². The molecule has 5 nitrogen and oxygen atoms in total. The van der Waals surface area contributed by atoms with Crippen molar-refractivity contribution in [3.63, 3.8) is 0 Å². The second-order valence-corrected chi connectivity index (χ2v) is 5.74. The summed E-state index contributed by atoms with van der Waals surface area (Å²) in [4.78, 5) is 12.0. The van der Waals surface area contributed by atoms with Gasteiger partial charge in [0, 0.05) is 19.7 Å². The highest BCUT2D eigenvalue weighted by Crippen LogP contribution is 2.18. The van der Waals surface area contributed by atoms with Crippen LogP contribution in [0, 0.1) is 0 Å². The number of anilines is 1. The van der Waals surface area contributed by atoms with Crippen LogP contribution in [-0.4, -0.2) is 28.5 Å². The summed E-state index contributed by atoms with van der Waals surface area (Å²) in [5, 5.41) is 7.35. The molecule has 0 aliphatic rings. The number of nitrogens with zero attached hydrogens (tertiary/aromatic N) is 2. The summed E-state index contributed by atoms with van der Waals surface area (Å²) in [5.41, 5.74) is 0.304. The molecule has 0 aliphatic carbocycles.